The molecule has 0 aliphatic carbocycles. The van der Waals surface area contributed by atoms with Crippen molar-refractivity contribution in [2.75, 3.05) is 34.3 Å². The molecule has 0 aromatic heterocycles. The van der Waals surface area contributed by atoms with Gasteiger partial charge in [0.05, 0.1) is 17.6 Å². The number of esters is 1. The predicted molar refractivity (Wildman–Crippen MR) is 88.0 cm³/mol. The Bertz CT molecular complexity index is 685. The van der Waals surface area contributed by atoms with E-state index in [1.165, 1.54) is 7.11 Å². The van der Waals surface area contributed by atoms with Gasteiger partial charge in [-0.05, 0) is 51.6 Å². The number of likely N-dealkylation sites (N-methyl/N-ethyl adjacent to an activating group) is 1. The van der Waals surface area contributed by atoms with Gasteiger partial charge in [-0.2, -0.15) is 4.31 Å². The zero-order valence-electron chi connectivity index (χ0n) is 14.1. The summed E-state index contributed by atoms with van der Waals surface area (Å²) in [5.41, 5.74) is 0.729. The highest BCUT2D eigenvalue weighted by molar-refractivity contribution is 7.89. The van der Waals surface area contributed by atoms with Crippen LogP contribution in [0.2, 0.25) is 0 Å². The maximum Gasteiger partial charge on any atom is 0.338 e. The van der Waals surface area contributed by atoms with E-state index in [4.69, 9.17) is 4.74 Å². The van der Waals surface area contributed by atoms with E-state index in [1.807, 2.05) is 19.0 Å². The third-order valence-corrected chi connectivity index (χ3v) is 6.27. The number of hydrogen-bond donors (Lipinski definition) is 0. The minimum atomic E-state index is -3.63. The summed E-state index contributed by atoms with van der Waals surface area (Å²) in [5, 5.41) is 0. The number of carbonyl (C=O) groups is 1. The van der Waals surface area contributed by atoms with E-state index >= 15 is 0 Å². The van der Waals surface area contributed by atoms with Crippen molar-refractivity contribution in [3.05, 3.63) is 29.3 Å². The number of carbonyl (C=O) groups excluding carboxylic acids is 1. The molecule has 0 spiro atoms. The van der Waals surface area contributed by atoms with Gasteiger partial charge < -0.3 is 9.64 Å². The molecular weight excluding hydrogens is 316 g/mol. The molecule has 6 nitrogen and oxygen atoms in total. The minimum Gasteiger partial charge on any atom is -0.465 e. The maximum atomic E-state index is 13.1. The van der Waals surface area contributed by atoms with Gasteiger partial charge in [-0.1, -0.05) is 6.07 Å². The summed E-state index contributed by atoms with van der Waals surface area (Å²) >= 11 is 0. The molecule has 1 aliphatic rings. The average molecular weight is 340 g/mol. The average Bonchev–Trinajstić information content (AvgIpc) is 2.94. The first kappa shape index (κ1) is 17.9. The molecule has 1 saturated heterocycles. The molecule has 1 aromatic carbocycles. The Kier molecular flexibility index (Phi) is 5.44. The van der Waals surface area contributed by atoms with Gasteiger partial charge in [-0.3, -0.25) is 0 Å². The summed E-state index contributed by atoms with van der Waals surface area (Å²) < 4.78 is 32.4. The van der Waals surface area contributed by atoms with Crippen LogP contribution in [0, 0.1) is 6.92 Å². The Balaban J connectivity index is 2.42. The number of methoxy groups -OCH3 is 1. The molecule has 1 fully saturated rings. The van der Waals surface area contributed by atoms with Crippen molar-refractivity contribution in [1.82, 2.24) is 9.21 Å². The smallest absolute Gasteiger partial charge is 0.338 e. The Morgan fingerprint density at radius 1 is 1.39 bits per heavy atom. The topological polar surface area (TPSA) is 66.9 Å². The van der Waals surface area contributed by atoms with Gasteiger partial charge in [-0.25, -0.2) is 13.2 Å². The Labute approximate surface area is 138 Å². The lowest BCUT2D eigenvalue weighted by molar-refractivity contribution is 0.0599. The maximum absolute atomic E-state index is 13.1. The van der Waals surface area contributed by atoms with Crippen molar-refractivity contribution in [3.8, 4) is 0 Å². The molecule has 0 amide bonds. The van der Waals surface area contributed by atoms with Crippen LogP contribution in [0.5, 0.6) is 0 Å². The van der Waals surface area contributed by atoms with E-state index in [-0.39, 0.29) is 16.5 Å². The monoisotopic (exact) mass is 340 g/mol. The molecule has 128 valence electrons. The normalized spacial score (nSPS) is 19.3. The molecule has 1 aliphatic heterocycles. The lowest BCUT2D eigenvalue weighted by Crippen LogP contribution is -2.41. The summed E-state index contributed by atoms with van der Waals surface area (Å²) in [4.78, 5) is 14.0. The molecule has 7 heteroatoms. The molecule has 1 heterocycles. The Morgan fingerprint density at radius 3 is 2.70 bits per heavy atom. The second-order valence-electron chi connectivity index (χ2n) is 6.09. The number of hydrogen-bond acceptors (Lipinski definition) is 5. The Morgan fingerprint density at radius 2 is 2.09 bits per heavy atom. The number of ether oxygens (including phenoxy) is 1. The standard InChI is InChI=1S/C16H24N2O4S/c1-12-14(16(19)22-4)8-5-9-15(12)23(20,21)18-10-6-7-13(18)11-17(2)3/h5,8-9,13H,6-7,10-11H2,1-4H3/t13-/m1/s1. The third kappa shape index (κ3) is 3.57. The molecule has 1 atom stereocenters. The van der Waals surface area contributed by atoms with Crippen LogP contribution in [0.25, 0.3) is 0 Å². The fourth-order valence-electron chi connectivity index (χ4n) is 3.08. The van der Waals surface area contributed by atoms with E-state index in [0.717, 1.165) is 12.8 Å². The molecule has 0 saturated carbocycles. The van der Waals surface area contributed by atoms with Crippen LogP contribution in [0.4, 0.5) is 0 Å². The fourth-order valence-corrected chi connectivity index (χ4v) is 5.02. The van der Waals surface area contributed by atoms with Gasteiger partial charge in [0.2, 0.25) is 10.0 Å². The zero-order valence-corrected chi connectivity index (χ0v) is 14.9. The van der Waals surface area contributed by atoms with Gasteiger partial charge in [-0.15, -0.1) is 0 Å². The van der Waals surface area contributed by atoms with Gasteiger partial charge >= 0.3 is 5.97 Å². The Hall–Kier alpha value is -1.44. The quantitative estimate of drug-likeness (QED) is 0.760. The van der Waals surface area contributed by atoms with Crippen molar-refractivity contribution >= 4 is 16.0 Å². The zero-order chi connectivity index (χ0) is 17.2. The van der Waals surface area contributed by atoms with Gasteiger partial charge in [0, 0.05) is 19.1 Å². The summed E-state index contributed by atoms with van der Waals surface area (Å²) in [6, 6.07) is 4.70. The van der Waals surface area contributed by atoms with Crippen molar-refractivity contribution in [1.29, 1.82) is 0 Å². The van der Waals surface area contributed by atoms with Gasteiger partial charge in [0.1, 0.15) is 0 Å². The van der Waals surface area contributed by atoms with Crippen molar-refractivity contribution < 1.29 is 17.9 Å². The first-order chi connectivity index (χ1) is 10.8. The summed E-state index contributed by atoms with van der Waals surface area (Å²) in [7, 11) is 1.53. The third-order valence-electron chi connectivity index (χ3n) is 4.18. The number of rotatable bonds is 5. The molecular formula is C16H24N2O4S. The molecule has 2 rings (SSSR count). The van der Waals surface area contributed by atoms with E-state index < -0.39 is 16.0 Å². The van der Waals surface area contributed by atoms with Crippen LogP contribution >= 0.6 is 0 Å². The van der Waals surface area contributed by atoms with Crippen LogP contribution in [0.3, 0.4) is 0 Å². The van der Waals surface area contributed by atoms with Gasteiger partial charge in [0.25, 0.3) is 0 Å². The van der Waals surface area contributed by atoms with E-state index in [9.17, 15) is 13.2 Å². The van der Waals surface area contributed by atoms with Crippen LogP contribution in [0.15, 0.2) is 23.1 Å². The van der Waals surface area contributed by atoms with Crippen molar-refractivity contribution in [3.63, 3.8) is 0 Å². The molecule has 1 aromatic rings. The summed E-state index contributed by atoms with van der Waals surface area (Å²) in [6.45, 7) is 2.86. The minimum absolute atomic E-state index is 0.0313. The van der Waals surface area contributed by atoms with Crippen LogP contribution in [-0.2, 0) is 14.8 Å². The van der Waals surface area contributed by atoms with E-state index in [1.54, 1.807) is 29.4 Å². The van der Waals surface area contributed by atoms with Gasteiger partial charge in [0.15, 0.2) is 0 Å². The van der Waals surface area contributed by atoms with Crippen molar-refractivity contribution in [2.24, 2.45) is 0 Å². The number of benzene rings is 1. The largest absolute Gasteiger partial charge is 0.465 e. The van der Waals surface area contributed by atoms with Crippen LogP contribution < -0.4 is 0 Å². The van der Waals surface area contributed by atoms with E-state index in [2.05, 4.69) is 0 Å². The molecule has 0 N–H and O–H groups in total. The first-order valence-corrected chi connectivity index (χ1v) is 9.07. The lowest BCUT2D eigenvalue weighted by Gasteiger charge is -2.27. The van der Waals surface area contributed by atoms with Crippen LogP contribution in [0.1, 0.15) is 28.8 Å². The van der Waals surface area contributed by atoms with Crippen LogP contribution in [-0.4, -0.2) is 63.9 Å². The highest BCUT2D eigenvalue weighted by Crippen LogP contribution is 2.29. The highest BCUT2D eigenvalue weighted by atomic mass is 32.2. The second kappa shape index (κ2) is 6.98. The number of sulfonamides is 1. The SMILES string of the molecule is COC(=O)c1cccc(S(=O)(=O)N2CCC[C@@H]2CN(C)C)c1C. The molecule has 0 bridgehead atoms. The fraction of sp³-hybridized carbons (Fsp3) is 0.562. The molecule has 0 radical (unpaired) electrons. The summed E-state index contributed by atoms with van der Waals surface area (Å²) in [5.74, 6) is -0.522. The van der Waals surface area contributed by atoms with Crippen molar-refractivity contribution in [2.45, 2.75) is 30.7 Å². The van der Waals surface area contributed by atoms with E-state index in [0.29, 0.717) is 18.7 Å². The molecule has 23 heavy (non-hydrogen) atoms. The highest BCUT2D eigenvalue weighted by Gasteiger charge is 2.36. The second-order valence-corrected chi connectivity index (χ2v) is 7.95. The lowest BCUT2D eigenvalue weighted by atomic mass is 10.1. The molecule has 0 unspecified atom stereocenters. The first-order valence-electron chi connectivity index (χ1n) is 7.63. The number of nitrogens with zero attached hydrogens (tertiary/aromatic N) is 2. The summed E-state index contributed by atoms with van der Waals surface area (Å²) in [6.07, 6.45) is 1.71. The predicted octanol–water partition coefficient (Wildman–Crippen LogP) is 1.50.